The van der Waals surface area contributed by atoms with Gasteiger partial charge in [-0.1, -0.05) is 13.8 Å². The maximum absolute atomic E-state index is 12.4. The van der Waals surface area contributed by atoms with E-state index in [1.165, 1.54) is 10.9 Å². The van der Waals surface area contributed by atoms with Gasteiger partial charge in [0.05, 0.1) is 18.8 Å². The van der Waals surface area contributed by atoms with Crippen molar-refractivity contribution in [3.8, 4) is 17.0 Å². The molecule has 0 spiro atoms. The maximum atomic E-state index is 12.4. The molecule has 1 saturated heterocycles. The number of aryl methyl sites for hydroxylation is 1. The fraction of sp³-hybridized carbons (Fsp3) is 0.500. The van der Waals surface area contributed by atoms with E-state index >= 15 is 0 Å². The van der Waals surface area contributed by atoms with Crippen molar-refractivity contribution in [3.05, 3.63) is 51.4 Å². The fourth-order valence-electron chi connectivity index (χ4n) is 5.13. The number of hydrogen-bond acceptors (Lipinski definition) is 4. The van der Waals surface area contributed by atoms with Crippen LogP contribution >= 0.6 is 0 Å². The number of hydrogen-bond donors (Lipinski definition) is 2. The highest BCUT2D eigenvalue weighted by molar-refractivity contribution is 5.92. The molecule has 0 atom stereocenters. The highest BCUT2D eigenvalue weighted by Gasteiger charge is 2.22. The molecule has 4 rings (SSSR count). The van der Waals surface area contributed by atoms with Crippen LogP contribution in [0.4, 0.5) is 0 Å². The molecule has 2 N–H and O–H groups in total. The zero-order valence-electron chi connectivity index (χ0n) is 21.8. The summed E-state index contributed by atoms with van der Waals surface area (Å²) < 4.78 is 7.93. The first-order valence-corrected chi connectivity index (χ1v) is 12.6. The van der Waals surface area contributed by atoms with Crippen LogP contribution in [0.2, 0.25) is 0 Å². The van der Waals surface area contributed by atoms with Gasteiger partial charge in [-0.3, -0.25) is 14.5 Å². The van der Waals surface area contributed by atoms with E-state index in [1.54, 1.807) is 11.6 Å². The molecule has 0 bridgehead atoms. The molecule has 1 aromatic carbocycles. The largest absolute Gasteiger partial charge is 0.493 e. The first-order valence-electron chi connectivity index (χ1n) is 12.6. The van der Waals surface area contributed by atoms with Gasteiger partial charge in [0.1, 0.15) is 5.75 Å². The summed E-state index contributed by atoms with van der Waals surface area (Å²) in [4.78, 5) is 29.9. The zero-order chi connectivity index (χ0) is 25.3. The minimum Gasteiger partial charge on any atom is -0.493 e. The Kier molecular flexibility index (Phi) is 7.36. The topological polar surface area (TPSA) is 79.4 Å². The Morgan fingerprint density at radius 1 is 1.20 bits per heavy atom. The van der Waals surface area contributed by atoms with Crippen LogP contribution in [-0.4, -0.2) is 53.6 Å². The van der Waals surface area contributed by atoms with Crippen LogP contribution in [0.3, 0.4) is 0 Å². The molecule has 1 aliphatic rings. The molecule has 1 fully saturated rings. The summed E-state index contributed by atoms with van der Waals surface area (Å²) in [5.74, 6) is 1.75. The van der Waals surface area contributed by atoms with Gasteiger partial charge in [0.25, 0.3) is 5.56 Å². The van der Waals surface area contributed by atoms with Crippen molar-refractivity contribution in [2.24, 2.45) is 13.0 Å². The summed E-state index contributed by atoms with van der Waals surface area (Å²) in [6, 6.07) is 6.28. The molecular weight excluding hydrogens is 440 g/mol. The second kappa shape index (κ2) is 10.3. The number of likely N-dealkylation sites (N-methyl/N-ethyl adjacent to an activating group) is 1. The number of carbonyl (C=O) groups is 1. The summed E-state index contributed by atoms with van der Waals surface area (Å²) in [5.41, 5.74) is 6.30. The van der Waals surface area contributed by atoms with Gasteiger partial charge in [0.2, 0.25) is 5.91 Å². The lowest BCUT2D eigenvalue weighted by Crippen LogP contribution is -2.41. The lowest BCUT2D eigenvalue weighted by Gasteiger charge is -2.31. The second-order valence-electron chi connectivity index (χ2n) is 10.2. The van der Waals surface area contributed by atoms with Gasteiger partial charge >= 0.3 is 0 Å². The van der Waals surface area contributed by atoms with Gasteiger partial charge < -0.3 is 19.6 Å². The smallest absolute Gasteiger partial charge is 0.253 e. The van der Waals surface area contributed by atoms with E-state index < -0.39 is 0 Å². The standard InChI is InChI=1S/C28H38N4O3/c1-17(2)26-22-13-21(35-16-20-9-11-32(12-10-20)15-25(33)29-5)7-8-24(22)30-27(26)23-14-31(6)28(34)19(4)18(23)3/h7-8,13-14,17,20,30H,9-12,15-16H2,1-6H3,(H,29,33). The molecule has 188 valence electrons. The normalized spacial score (nSPS) is 15.2. The maximum Gasteiger partial charge on any atom is 0.253 e. The number of nitrogens with one attached hydrogen (secondary N) is 2. The Balaban J connectivity index is 1.55. The summed E-state index contributed by atoms with van der Waals surface area (Å²) in [6.45, 7) is 11.3. The van der Waals surface area contributed by atoms with E-state index in [9.17, 15) is 9.59 Å². The third kappa shape index (κ3) is 5.15. The number of ether oxygens (including phenoxy) is 1. The van der Waals surface area contributed by atoms with Crippen LogP contribution in [0.5, 0.6) is 5.75 Å². The van der Waals surface area contributed by atoms with Crippen LogP contribution in [0.1, 0.15) is 49.3 Å². The number of benzene rings is 1. The summed E-state index contributed by atoms with van der Waals surface area (Å²) in [5, 5.41) is 3.86. The zero-order valence-corrected chi connectivity index (χ0v) is 21.8. The van der Waals surface area contributed by atoms with E-state index in [1.807, 2.05) is 33.2 Å². The van der Waals surface area contributed by atoms with Crippen molar-refractivity contribution in [1.82, 2.24) is 19.8 Å². The minimum absolute atomic E-state index is 0.0450. The molecule has 2 aromatic heterocycles. The molecule has 7 heteroatoms. The first kappa shape index (κ1) is 25.0. The third-order valence-electron chi connectivity index (χ3n) is 7.43. The van der Waals surface area contributed by atoms with Gasteiger partial charge in [-0.2, -0.15) is 0 Å². The Hall–Kier alpha value is -3.06. The van der Waals surface area contributed by atoms with E-state index in [0.717, 1.165) is 59.6 Å². The van der Waals surface area contributed by atoms with Crippen molar-refractivity contribution < 1.29 is 9.53 Å². The number of aromatic amines is 1. The van der Waals surface area contributed by atoms with Crippen LogP contribution in [0.25, 0.3) is 22.2 Å². The number of amides is 1. The predicted molar refractivity (Wildman–Crippen MR) is 141 cm³/mol. The predicted octanol–water partition coefficient (Wildman–Crippen LogP) is 4.11. The van der Waals surface area contributed by atoms with Crippen LogP contribution in [0.15, 0.2) is 29.2 Å². The molecule has 0 aliphatic carbocycles. The highest BCUT2D eigenvalue weighted by Crippen LogP contribution is 2.38. The van der Waals surface area contributed by atoms with Crippen molar-refractivity contribution in [3.63, 3.8) is 0 Å². The van der Waals surface area contributed by atoms with Crippen molar-refractivity contribution >= 4 is 16.8 Å². The van der Waals surface area contributed by atoms with Crippen molar-refractivity contribution in [2.75, 3.05) is 33.3 Å². The summed E-state index contributed by atoms with van der Waals surface area (Å²) in [7, 11) is 3.49. The third-order valence-corrected chi connectivity index (χ3v) is 7.43. The van der Waals surface area contributed by atoms with E-state index in [0.29, 0.717) is 25.0 Å². The molecular formula is C28H38N4O3. The summed E-state index contributed by atoms with van der Waals surface area (Å²) in [6.07, 6.45) is 4.02. The molecule has 1 amide bonds. The molecule has 0 unspecified atom stereocenters. The van der Waals surface area contributed by atoms with Crippen molar-refractivity contribution in [2.45, 2.75) is 46.5 Å². The number of piperidine rings is 1. The monoisotopic (exact) mass is 478 g/mol. The fourth-order valence-corrected chi connectivity index (χ4v) is 5.13. The molecule has 3 aromatic rings. The van der Waals surface area contributed by atoms with Crippen LogP contribution < -0.4 is 15.6 Å². The Bertz CT molecular complexity index is 1280. The van der Waals surface area contributed by atoms with E-state index in [2.05, 4.69) is 41.2 Å². The average molecular weight is 479 g/mol. The Labute approximate surface area is 207 Å². The summed E-state index contributed by atoms with van der Waals surface area (Å²) >= 11 is 0. The minimum atomic E-state index is 0.0450. The Morgan fingerprint density at radius 3 is 2.57 bits per heavy atom. The number of likely N-dealkylation sites (tertiary alicyclic amines) is 1. The highest BCUT2D eigenvalue weighted by atomic mass is 16.5. The van der Waals surface area contributed by atoms with Gasteiger partial charge in [-0.05, 0) is 80.9 Å². The number of rotatable bonds is 7. The number of pyridine rings is 1. The van der Waals surface area contributed by atoms with Crippen LogP contribution in [-0.2, 0) is 11.8 Å². The number of nitrogens with zero attached hydrogens (tertiary/aromatic N) is 2. The number of aromatic nitrogens is 2. The lowest BCUT2D eigenvalue weighted by molar-refractivity contribution is -0.122. The van der Waals surface area contributed by atoms with Gasteiger partial charge in [-0.15, -0.1) is 0 Å². The van der Waals surface area contributed by atoms with E-state index in [4.69, 9.17) is 4.74 Å². The van der Waals surface area contributed by atoms with Crippen LogP contribution in [0, 0.1) is 19.8 Å². The molecule has 3 heterocycles. The Morgan fingerprint density at radius 2 is 1.91 bits per heavy atom. The van der Waals surface area contributed by atoms with Gasteiger partial charge in [0, 0.05) is 42.3 Å². The SMILES string of the molecule is CNC(=O)CN1CCC(COc2ccc3[nH]c(-c4cn(C)c(=O)c(C)c4C)c(C(C)C)c3c2)CC1. The van der Waals surface area contributed by atoms with Gasteiger partial charge in [0.15, 0.2) is 0 Å². The van der Waals surface area contributed by atoms with Gasteiger partial charge in [-0.25, -0.2) is 0 Å². The second-order valence-corrected chi connectivity index (χ2v) is 10.2. The first-order chi connectivity index (χ1) is 16.7. The lowest BCUT2D eigenvalue weighted by atomic mass is 9.94. The average Bonchev–Trinajstić information content (AvgIpc) is 3.23. The number of fused-ring (bicyclic) bond motifs is 1. The molecule has 7 nitrogen and oxygen atoms in total. The number of H-pyrrole nitrogens is 1. The molecule has 0 radical (unpaired) electrons. The number of carbonyl (C=O) groups excluding carboxylic acids is 1. The molecule has 1 aliphatic heterocycles. The van der Waals surface area contributed by atoms with E-state index in [-0.39, 0.29) is 11.5 Å². The van der Waals surface area contributed by atoms with Crippen molar-refractivity contribution in [1.29, 1.82) is 0 Å². The molecule has 0 saturated carbocycles. The molecule has 35 heavy (non-hydrogen) atoms. The quantitative estimate of drug-likeness (QED) is 0.536.